The molecule has 0 aliphatic carbocycles. The summed E-state index contributed by atoms with van der Waals surface area (Å²) < 4.78 is 5.58. The lowest BCUT2D eigenvalue weighted by Gasteiger charge is -2.22. The Morgan fingerprint density at radius 1 is 1.50 bits per heavy atom. The largest absolute Gasteiger partial charge is 0.372 e. The highest BCUT2D eigenvalue weighted by Crippen LogP contribution is 2.29. The fraction of sp³-hybridized carbons (Fsp3) is 0.750. The molecule has 1 amide bonds. The molecule has 5 nitrogen and oxygen atoms in total. The molecule has 3 atom stereocenters. The van der Waals surface area contributed by atoms with Crippen molar-refractivity contribution in [2.45, 2.75) is 39.8 Å². The van der Waals surface area contributed by atoms with Gasteiger partial charge in [0.2, 0.25) is 0 Å². The molecule has 1 fully saturated rings. The smallest absolute Gasteiger partial charge is 0.265 e. The number of thiazole rings is 1. The van der Waals surface area contributed by atoms with Crippen molar-refractivity contribution in [3.8, 4) is 0 Å². The first kappa shape index (κ1) is 17.4. The Bertz CT molecular complexity index is 529. The van der Waals surface area contributed by atoms with E-state index in [0.717, 1.165) is 28.7 Å². The van der Waals surface area contributed by atoms with Crippen LogP contribution in [0.5, 0.6) is 0 Å². The second-order valence-electron chi connectivity index (χ2n) is 6.28. The van der Waals surface area contributed by atoms with Crippen molar-refractivity contribution in [1.29, 1.82) is 0 Å². The van der Waals surface area contributed by atoms with Crippen LogP contribution in [0.1, 0.15) is 47.2 Å². The first-order valence-corrected chi connectivity index (χ1v) is 8.71. The van der Waals surface area contributed by atoms with Gasteiger partial charge in [-0.05, 0) is 40.8 Å². The molecular formula is C16H27N3O2S. The summed E-state index contributed by atoms with van der Waals surface area (Å²) in [5.41, 5.74) is 0.817. The first-order valence-electron chi connectivity index (χ1n) is 7.89. The number of amides is 1. The van der Waals surface area contributed by atoms with E-state index >= 15 is 0 Å². The van der Waals surface area contributed by atoms with Gasteiger partial charge in [0, 0.05) is 25.7 Å². The number of carbonyl (C=O) groups excluding carboxylic acids is 1. The summed E-state index contributed by atoms with van der Waals surface area (Å²) in [6.45, 7) is 10.3. The number of aromatic nitrogens is 1. The third kappa shape index (κ3) is 3.50. The van der Waals surface area contributed by atoms with Gasteiger partial charge in [0.25, 0.3) is 5.91 Å². The average Bonchev–Trinajstić information content (AvgIpc) is 3.02. The van der Waals surface area contributed by atoms with Crippen LogP contribution in [0, 0.1) is 12.8 Å². The summed E-state index contributed by atoms with van der Waals surface area (Å²) >= 11 is 1.47. The molecule has 2 heterocycles. The first-order chi connectivity index (χ1) is 10.3. The predicted molar refractivity (Wildman–Crippen MR) is 89.4 cm³/mol. The van der Waals surface area contributed by atoms with Gasteiger partial charge in [-0.3, -0.25) is 4.79 Å². The van der Waals surface area contributed by atoms with Gasteiger partial charge >= 0.3 is 0 Å². The van der Waals surface area contributed by atoms with Crippen molar-refractivity contribution < 1.29 is 9.53 Å². The molecule has 124 valence electrons. The van der Waals surface area contributed by atoms with E-state index in [9.17, 15) is 4.79 Å². The number of ether oxygens (including phenoxy) is 1. The molecule has 0 saturated carbocycles. The summed E-state index contributed by atoms with van der Waals surface area (Å²) in [5.74, 6) is 0.607. The zero-order chi connectivity index (χ0) is 16.4. The summed E-state index contributed by atoms with van der Waals surface area (Å²) in [5, 5.41) is 0.888. The number of nitrogens with zero attached hydrogens (tertiary/aromatic N) is 3. The molecule has 0 radical (unpaired) electrons. The van der Waals surface area contributed by atoms with Gasteiger partial charge < -0.3 is 14.5 Å². The Kier molecular flexibility index (Phi) is 5.58. The van der Waals surface area contributed by atoms with Crippen LogP contribution in [0.2, 0.25) is 0 Å². The van der Waals surface area contributed by atoms with Gasteiger partial charge in [-0.2, -0.15) is 0 Å². The lowest BCUT2D eigenvalue weighted by molar-refractivity contribution is 0.0761. The van der Waals surface area contributed by atoms with Crippen LogP contribution in [-0.4, -0.2) is 60.5 Å². The number of hydrogen-bond acceptors (Lipinski definition) is 5. The van der Waals surface area contributed by atoms with Crippen molar-refractivity contribution >= 4 is 17.2 Å². The molecule has 1 aromatic rings. The number of likely N-dealkylation sites (N-methyl/N-ethyl adjacent to an activating group) is 1. The maximum Gasteiger partial charge on any atom is 0.265 e. The van der Waals surface area contributed by atoms with E-state index in [-0.39, 0.29) is 12.0 Å². The van der Waals surface area contributed by atoms with E-state index in [0.29, 0.717) is 18.6 Å². The maximum atomic E-state index is 12.8. The minimum atomic E-state index is -0.0534. The van der Waals surface area contributed by atoms with Gasteiger partial charge in [0.15, 0.2) is 0 Å². The Morgan fingerprint density at radius 2 is 2.18 bits per heavy atom. The lowest BCUT2D eigenvalue weighted by Crippen LogP contribution is -2.35. The van der Waals surface area contributed by atoms with Gasteiger partial charge in [-0.1, -0.05) is 6.92 Å². The molecule has 1 saturated heterocycles. The molecule has 0 bridgehead atoms. The van der Waals surface area contributed by atoms with Crippen molar-refractivity contribution in [1.82, 2.24) is 14.8 Å². The van der Waals surface area contributed by atoms with E-state index in [1.165, 1.54) is 11.3 Å². The van der Waals surface area contributed by atoms with E-state index in [2.05, 4.69) is 30.9 Å². The lowest BCUT2D eigenvalue weighted by atomic mass is 10.1. The van der Waals surface area contributed by atoms with Crippen LogP contribution < -0.4 is 0 Å². The Labute approximate surface area is 137 Å². The molecule has 1 aliphatic rings. The molecule has 1 aromatic heterocycles. The van der Waals surface area contributed by atoms with Crippen LogP contribution in [0.25, 0.3) is 0 Å². The van der Waals surface area contributed by atoms with Gasteiger partial charge in [0.1, 0.15) is 16.0 Å². The highest BCUT2D eigenvalue weighted by molar-refractivity contribution is 7.13. The van der Waals surface area contributed by atoms with Gasteiger partial charge in [0.05, 0.1) is 5.69 Å². The SMILES string of the molecule is CCOC(C)c1nc(C)c(C(=O)N2CC(C)C(N(C)C)C2)s1. The van der Waals surface area contributed by atoms with Crippen LogP contribution >= 0.6 is 11.3 Å². The van der Waals surface area contributed by atoms with E-state index in [1.807, 2.05) is 25.7 Å². The van der Waals surface area contributed by atoms with Crippen LogP contribution in [0.4, 0.5) is 0 Å². The van der Waals surface area contributed by atoms with Gasteiger partial charge in [-0.25, -0.2) is 4.98 Å². The standard InChI is InChI=1S/C16H27N3O2S/c1-7-21-12(4)15-17-11(3)14(22-15)16(20)19-8-10(2)13(9-19)18(5)6/h10,12-13H,7-9H2,1-6H3. The summed E-state index contributed by atoms with van der Waals surface area (Å²) in [6, 6.07) is 0.430. The minimum Gasteiger partial charge on any atom is -0.372 e. The molecular weight excluding hydrogens is 298 g/mol. The van der Waals surface area contributed by atoms with Crippen molar-refractivity contribution in [3.63, 3.8) is 0 Å². The highest BCUT2D eigenvalue weighted by atomic mass is 32.1. The molecule has 1 aliphatic heterocycles. The molecule has 3 unspecified atom stereocenters. The van der Waals surface area contributed by atoms with E-state index in [1.54, 1.807) is 0 Å². The third-order valence-electron chi connectivity index (χ3n) is 4.29. The number of aryl methyl sites for hydroxylation is 1. The van der Waals surface area contributed by atoms with Crippen molar-refractivity contribution in [2.24, 2.45) is 5.92 Å². The zero-order valence-electron chi connectivity index (χ0n) is 14.4. The zero-order valence-corrected chi connectivity index (χ0v) is 15.2. The highest BCUT2D eigenvalue weighted by Gasteiger charge is 2.35. The average molecular weight is 325 g/mol. The molecule has 0 aromatic carbocycles. The normalized spacial score (nSPS) is 23.3. The number of likely N-dealkylation sites (tertiary alicyclic amines) is 1. The van der Waals surface area contributed by atoms with Crippen molar-refractivity contribution in [2.75, 3.05) is 33.8 Å². The quantitative estimate of drug-likeness (QED) is 0.835. The van der Waals surface area contributed by atoms with Crippen LogP contribution in [0.3, 0.4) is 0 Å². The Hall–Kier alpha value is -0.980. The topological polar surface area (TPSA) is 45.7 Å². The fourth-order valence-electron chi connectivity index (χ4n) is 3.04. The number of hydrogen-bond donors (Lipinski definition) is 0. The summed E-state index contributed by atoms with van der Waals surface area (Å²) in [4.78, 5) is 22.3. The molecule has 22 heavy (non-hydrogen) atoms. The van der Waals surface area contributed by atoms with Crippen LogP contribution in [-0.2, 0) is 4.74 Å². The second kappa shape index (κ2) is 7.06. The number of rotatable bonds is 5. The minimum absolute atomic E-state index is 0.0534. The predicted octanol–water partition coefficient (Wildman–Crippen LogP) is 2.57. The second-order valence-corrected chi connectivity index (χ2v) is 7.31. The maximum absolute atomic E-state index is 12.8. The van der Waals surface area contributed by atoms with Gasteiger partial charge in [-0.15, -0.1) is 11.3 Å². The Balaban J connectivity index is 2.13. The third-order valence-corrected chi connectivity index (χ3v) is 5.60. The van der Waals surface area contributed by atoms with Crippen molar-refractivity contribution in [3.05, 3.63) is 15.6 Å². The number of carbonyl (C=O) groups is 1. The van der Waals surface area contributed by atoms with E-state index in [4.69, 9.17) is 4.74 Å². The fourth-order valence-corrected chi connectivity index (χ4v) is 4.08. The van der Waals surface area contributed by atoms with Crippen LogP contribution in [0.15, 0.2) is 0 Å². The molecule has 0 N–H and O–H groups in total. The summed E-state index contributed by atoms with van der Waals surface area (Å²) in [7, 11) is 4.16. The molecule has 0 spiro atoms. The van der Waals surface area contributed by atoms with E-state index < -0.39 is 0 Å². The Morgan fingerprint density at radius 3 is 2.73 bits per heavy atom. The molecule has 6 heteroatoms. The monoisotopic (exact) mass is 325 g/mol. The summed E-state index contributed by atoms with van der Waals surface area (Å²) in [6.07, 6.45) is -0.0534. The molecule has 2 rings (SSSR count).